The van der Waals surface area contributed by atoms with Gasteiger partial charge in [-0.1, -0.05) is 0 Å². The van der Waals surface area contributed by atoms with Crippen LogP contribution in [0.15, 0.2) is 24.4 Å². The fourth-order valence-electron chi connectivity index (χ4n) is 3.04. The molecule has 0 unspecified atom stereocenters. The van der Waals surface area contributed by atoms with Crippen molar-refractivity contribution in [3.63, 3.8) is 0 Å². The number of halogens is 1. The molecule has 0 bridgehead atoms. The molecule has 7 heteroatoms. The lowest BCUT2D eigenvalue weighted by Gasteiger charge is -2.30. The number of hydrogen-bond acceptors (Lipinski definition) is 4. The molecule has 0 aliphatic carbocycles. The Bertz CT molecular complexity index is 751. The summed E-state index contributed by atoms with van der Waals surface area (Å²) in [6.07, 6.45) is 3.10. The lowest BCUT2D eigenvalue weighted by molar-refractivity contribution is 0.0684. The van der Waals surface area contributed by atoms with E-state index in [-0.39, 0.29) is 23.2 Å². The third kappa shape index (κ3) is 3.12. The zero-order valence-electron chi connectivity index (χ0n) is 13.6. The molecule has 24 heavy (non-hydrogen) atoms. The summed E-state index contributed by atoms with van der Waals surface area (Å²) in [5.74, 6) is -0.361. The van der Waals surface area contributed by atoms with Crippen LogP contribution in [-0.4, -0.2) is 45.3 Å². The first-order chi connectivity index (χ1) is 11.5. The van der Waals surface area contributed by atoms with E-state index in [1.807, 2.05) is 0 Å². The van der Waals surface area contributed by atoms with Crippen LogP contribution in [0.1, 0.15) is 28.9 Å². The van der Waals surface area contributed by atoms with Crippen molar-refractivity contribution in [3.8, 4) is 11.4 Å². The van der Waals surface area contributed by atoms with Gasteiger partial charge in [-0.25, -0.2) is 9.07 Å². The summed E-state index contributed by atoms with van der Waals surface area (Å²) in [6.45, 7) is 3.60. The summed E-state index contributed by atoms with van der Waals surface area (Å²) >= 11 is 0. The molecule has 1 amide bonds. The Morgan fingerprint density at radius 2 is 2.12 bits per heavy atom. The van der Waals surface area contributed by atoms with E-state index in [1.165, 1.54) is 23.0 Å². The maximum Gasteiger partial charge on any atom is 0.278 e. The Morgan fingerprint density at radius 3 is 2.75 bits per heavy atom. The lowest BCUT2D eigenvalue weighted by atomic mass is 9.97. The summed E-state index contributed by atoms with van der Waals surface area (Å²) in [5.41, 5.74) is 6.97. The van der Waals surface area contributed by atoms with Gasteiger partial charge in [-0.15, -0.1) is 0 Å². The molecule has 1 aromatic carbocycles. The third-order valence-electron chi connectivity index (χ3n) is 4.54. The second-order valence-electron chi connectivity index (χ2n) is 6.21. The van der Waals surface area contributed by atoms with Gasteiger partial charge < -0.3 is 15.7 Å². The van der Waals surface area contributed by atoms with Crippen LogP contribution in [0.4, 0.5) is 4.39 Å². The van der Waals surface area contributed by atoms with Crippen LogP contribution >= 0.6 is 0 Å². The lowest BCUT2D eigenvalue weighted by Crippen LogP contribution is -2.40. The van der Waals surface area contributed by atoms with E-state index in [0.717, 1.165) is 12.8 Å². The molecule has 2 aromatic rings. The Kier molecular flexibility index (Phi) is 4.53. The van der Waals surface area contributed by atoms with E-state index in [9.17, 15) is 14.3 Å². The summed E-state index contributed by atoms with van der Waals surface area (Å²) in [6, 6.07) is 4.27. The fraction of sp³-hybridized carbons (Fsp3) is 0.412. The molecule has 0 saturated carbocycles. The molecule has 2 heterocycles. The first-order valence-electron chi connectivity index (χ1n) is 8.04. The van der Waals surface area contributed by atoms with Gasteiger partial charge in [0.1, 0.15) is 5.82 Å². The monoisotopic (exact) mass is 332 g/mol. The van der Waals surface area contributed by atoms with Crippen LogP contribution in [0.5, 0.6) is 5.75 Å². The molecule has 0 spiro atoms. The maximum absolute atomic E-state index is 13.2. The second-order valence-corrected chi connectivity index (χ2v) is 6.21. The molecule has 0 atom stereocenters. The third-order valence-corrected chi connectivity index (χ3v) is 4.54. The average Bonchev–Trinajstić information content (AvgIpc) is 2.95. The van der Waals surface area contributed by atoms with E-state index in [4.69, 9.17) is 5.73 Å². The normalized spacial score (nSPS) is 15.7. The average molecular weight is 332 g/mol. The summed E-state index contributed by atoms with van der Waals surface area (Å²) in [5, 5.41) is 14.3. The van der Waals surface area contributed by atoms with Crippen molar-refractivity contribution in [2.24, 2.45) is 11.7 Å². The quantitative estimate of drug-likeness (QED) is 0.898. The van der Waals surface area contributed by atoms with Crippen molar-refractivity contribution in [2.75, 3.05) is 19.6 Å². The summed E-state index contributed by atoms with van der Waals surface area (Å²) in [4.78, 5) is 14.3. The number of aromatic hydroxyl groups is 1. The van der Waals surface area contributed by atoms with Gasteiger partial charge in [0.05, 0.1) is 11.9 Å². The van der Waals surface area contributed by atoms with Crippen LogP contribution in [-0.2, 0) is 0 Å². The largest absolute Gasteiger partial charge is 0.504 e. The molecule has 1 fully saturated rings. The number of aromatic nitrogens is 2. The Labute approximate surface area is 139 Å². The highest BCUT2D eigenvalue weighted by Gasteiger charge is 2.27. The van der Waals surface area contributed by atoms with Gasteiger partial charge in [0.2, 0.25) is 0 Å². The van der Waals surface area contributed by atoms with Gasteiger partial charge in [-0.05, 0) is 56.0 Å². The number of benzene rings is 1. The smallest absolute Gasteiger partial charge is 0.278 e. The SMILES string of the molecule is Cc1cc(F)ccc1-n1cc(O)c(C(=O)N2CCC(CN)CC2)n1. The number of rotatable bonds is 3. The molecule has 3 N–H and O–H groups in total. The van der Waals surface area contributed by atoms with Crippen LogP contribution in [0, 0.1) is 18.7 Å². The Hall–Kier alpha value is -2.41. The minimum atomic E-state index is -0.341. The van der Waals surface area contributed by atoms with E-state index in [1.54, 1.807) is 17.9 Å². The number of amides is 1. The van der Waals surface area contributed by atoms with Crippen molar-refractivity contribution >= 4 is 5.91 Å². The number of nitrogens with two attached hydrogens (primary N) is 1. The topological polar surface area (TPSA) is 84.4 Å². The number of piperidine rings is 1. The van der Waals surface area contributed by atoms with Gasteiger partial charge in [0.25, 0.3) is 5.91 Å². The van der Waals surface area contributed by atoms with Gasteiger partial charge in [-0.2, -0.15) is 5.10 Å². The molecular weight excluding hydrogens is 311 g/mol. The zero-order valence-corrected chi connectivity index (χ0v) is 13.6. The molecule has 3 rings (SSSR count). The number of aryl methyl sites for hydroxylation is 1. The zero-order chi connectivity index (χ0) is 17.3. The van der Waals surface area contributed by atoms with Crippen LogP contribution in [0.25, 0.3) is 5.69 Å². The summed E-state index contributed by atoms with van der Waals surface area (Å²) in [7, 11) is 0. The number of nitrogens with zero attached hydrogens (tertiary/aromatic N) is 3. The van der Waals surface area contributed by atoms with Crippen molar-refractivity contribution in [1.29, 1.82) is 0 Å². The summed E-state index contributed by atoms with van der Waals surface area (Å²) < 4.78 is 14.6. The predicted molar refractivity (Wildman–Crippen MR) is 87.6 cm³/mol. The molecular formula is C17H21FN4O2. The van der Waals surface area contributed by atoms with Gasteiger partial charge in [0, 0.05) is 13.1 Å². The van der Waals surface area contributed by atoms with Crippen molar-refractivity contribution in [2.45, 2.75) is 19.8 Å². The molecule has 1 aromatic heterocycles. The van der Waals surface area contributed by atoms with Crippen LogP contribution < -0.4 is 5.73 Å². The fourth-order valence-corrected chi connectivity index (χ4v) is 3.04. The molecule has 1 aliphatic rings. The highest BCUT2D eigenvalue weighted by atomic mass is 19.1. The molecule has 1 saturated heterocycles. The van der Waals surface area contributed by atoms with E-state index >= 15 is 0 Å². The van der Waals surface area contributed by atoms with Crippen LogP contribution in [0.2, 0.25) is 0 Å². The predicted octanol–water partition coefficient (Wildman–Crippen LogP) is 1.84. The highest BCUT2D eigenvalue weighted by Crippen LogP contribution is 2.24. The Balaban J connectivity index is 1.82. The first kappa shape index (κ1) is 16.4. The molecule has 1 aliphatic heterocycles. The first-order valence-corrected chi connectivity index (χ1v) is 8.04. The van der Waals surface area contributed by atoms with E-state index in [0.29, 0.717) is 36.8 Å². The minimum Gasteiger partial charge on any atom is -0.504 e. The number of carbonyl (C=O) groups excluding carboxylic acids is 1. The van der Waals surface area contributed by atoms with Crippen molar-refractivity contribution < 1.29 is 14.3 Å². The Morgan fingerprint density at radius 1 is 1.42 bits per heavy atom. The van der Waals surface area contributed by atoms with Gasteiger partial charge in [-0.3, -0.25) is 4.79 Å². The standard InChI is InChI=1S/C17H21FN4O2/c1-11-8-13(18)2-3-14(11)22-10-15(23)16(20-22)17(24)21-6-4-12(9-19)5-7-21/h2-3,8,10,12,23H,4-7,9,19H2,1H3. The minimum absolute atomic E-state index is 0.0184. The van der Waals surface area contributed by atoms with Gasteiger partial charge in [0.15, 0.2) is 11.4 Å². The molecule has 6 nitrogen and oxygen atoms in total. The molecule has 0 radical (unpaired) electrons. The number of hydrogen-bond donors (Lipinski definition) is 2. The van der Waals surface area contributed by atoms with E-state index < -0.39 is 0 Å². The second kappa shape index (κ2) is 6.60. The number of carbonyl (C=O) groups is 1. The van der Waals surface area contributed by atoms with Gasteiger partial charge >= 0.3 is 0 Å². The molecule has 128 valence electrons. The number of likely N-dealkylation sites (tertiary alicyclic amines) is 1. The van der Waals surface area contributed by atoms with Crippen LogP contribution in [0.3, 0.4) is 0 Å². The highest BCUT2D eigenvalue weighted by molar-refractivity contribution is 5.94. The maximum atomic E-state index is 13.2. The van der Waals surface area contributed by atoms with Crippen molar-refractivity contribution in [1.82, 2.24) is 14.7 Å². The van der Waals surface area contributed by atoms with E-state index in [2.05, 4.69) is 5.10 Å². The van der Waals surface area contributed by atoms with Crippen molar-refractivity contribution in [3.05, 3.63) is 41.5 Å².